The molecule has 1 aliphatic rings. The van der Waals surface area contributed by atoms with Crippen molar-refractivity contribution in [2.75, 3.05) is 5.32 Å². The molecule has 186 valence electrons. The van der Waals surface area contributed by atoms with Crippen molar-refractivity contribution in [3.63, 3.8) is 0 Å². The van der Waals surface area contributed by atoms with E-state index in [1.54, 1.807) is 12.4 Å². The van der Waals surface area contributed by atoms with Crippen LogP contribution in [0.25, 0.3) is 21.9 Å². The predicted molar refractivity (Wildman–Crippen MR) is 146 cm³/mol. The van der Waals surface area contributed by atoms with Crippen LogP contribution in [0.5, 0.6) is 0 Å². The Balaban J connectivity index is 1.12. The lowest BCUT2D eigenvalue weighted by Crippen LogP contribution is -2.23. The highest BCUT2D eigenvalue weighted by molar-refractivity contribution is 5.98. The third kappa shape index (κ3) is 5.21. The van der Waals surface area contributed by atoms with Crippen molar-refractivity contribution in [3.8, 4) is 0 Å². The Morgan fingerprint density at radius 2 is 1.59 bits per heavy atom. The van der Waals surface area contributed by atoms with Gasteiger partial charge in [-0.25, -0.2) is 4.98 Å². The Kier molecular flexibility index (Phi) is 6.58. The first-order valence-electron chi connectivity index (χ1n) is 13.1. The molecule has 1 aliphatic carbocycles. The molecule has 0 amide bonds. The number of anilines is 1. The van der Waals surface area contributed by atoms with E-state index in [4.69, 9.17) is 0 Å². The number of Topliss-reactive ketones (excluding diaryl/α,β-unsaturated/α-hetero) is 1. The quantitative estimate of drug-likeness (QED) is 0.265. The number of nitrogens with zero attached hydrogens (tertiary/aromatic N) is 4. The van der Waals surface area contributed by atoms with Gasteiger partial charge in [-0.15, -0.1) is 0 Å². The monoisotopic (exact) mass is 490 g/mol. The molecular weight excluding hydrogens is 460 g/mol. The van der Waals surface area contributed by atoms with Crippen molar-refractivity contribution in [3.05, 3.63) is 89.5 Å². The Morgan fingerprint density at radius 1 is 0.811 bits per heavy atom. The van der Waals surface area contributed by atoms with Crippen LogP contribution in [0.2, 0.25) is 0 Å². The third-order valence-corrected chi connectivity index (χ3v) is 7.33. The fourth-order valence-electron chi connectivity index (χ4n) is 5.29. The maximum absolute atomic E-state index is 12.9. The zero-order valence-corrected chi connectivity index (χ0v) is 20.8. The Bertz CT molecular complexity index is 1540. The van der Waals surface area contributed by atoms with Gasteiger partial charge in [0.2, 0.25) is 0 Å². The van der Waals surface area contributed by atoms with Gasteiger partial charge in [-0.05, 0) is 55.0 Å². The van der Waals surface area contributed by atoms with Crippen LogP contribution in [-0.4, -0.2) is 37.0 Å². The van der Waals surface area contributed by atoms with E-state index in [1.165, 1.54) is 37.7 Å². The molecule has 0 saturated heterocycles. The minimum absolute atomic E-state index is 0.0962. The first-order chi connectivity index (χ1) is 18.2. The van der Waals surface area contributed by atoms with Crippen LogP contribution >= 0.6 is 0 Å². The summed E-state index contributed by atoms with van der Waals surface area (Å²) < 4.78 is 0. The smallest absolute Gasteiger partial charge is 0.167 e. The molecular formula is C30H30N6O. The van der Waals surface area contributed by atoms with Gasteiger partial charge in [0, 0.05) is 42.3 Å². The molecule has 7 heteroatoms. The summed E-state index contributed by atoms with van der Waals surface area (Å²) in [7, 11) is 0. The zero-order valence-electron chi connectivity index (χ0n) is 20.8. The van der Waals surface area contributed by atoms with Crippen molar-refractivity contribution in [2.24, 2.45) is 0 Å². The topological polar surface area (TPSA) is 96.5 Å². The summed E-state index contributed by atoms with van der Waals surface area (Å²) in [6.45, 7) is 0. The summed E-state index contributed by atoms with van der Waals surface area (Å²) in [6, 6.07) is 16.2. The standard InChI is InChI=1S/C30H30N6O/c37-28(19-21-9-12-24-27(18-21)32-17-16-31-24)22-10-6-20(7-11-22)8-13-25-29-26(36-35-25)14-15-33-30(29)34-23-4-2-1-3-5-23/h6-7,9-12,14-18,23H,1-5,8,13,19H2,(H,33,34)(H,35,36). The number of ketones is 1. The predicted octanol–water partition coefficient (Wildman–Crippen LogP) is 5.86. The normalized spacial score (nSPS) is 14.3. The molecule has 37 heavy (non-hydrogen) atoms. The molecule has 0 aliphatic heterocycles. The average Bonchev–Trinajstić information content (AvgIpc) is 3.37. The van der Waals surface area contributed by atoms with E-state index in [9.17, 15) is 4.79 Å². The Labute approximate surface area is 215 Å². The highest BCUT2D eigenvalue weighted by atomic mass is 16.1. The number of aromatic amines is 1. The number of hydrogen-bond donors (Lipinski definition) is 2. The van der Waals surface area contributed by atoms with Gasteiger partial charge in [-0.3, -0.25) is 19.9 Å². The second-order valence-electron chi connectivity index (χ2n) is 9.91. The highest BCUT2D eigenvalue weighted by Gasteiger charge is 2.17. The number of pyridine rings is 1. The molecule has 2 aromatic carbocycles. The Morgan fingerprint density at radius 3 is 2.43 bits per heavy atom. The van der Waals surface area contributed by atoms with Gasteiger partial charge < -0.3 is 5.32 Å². The van der Waals surface area contributed by atoms with Gasteiger partial charge in [0.25, 0.3) is 0 Å². The number of fused-ring (bicyclic) bond motifs is 2. The number of hydrogen-bond acceptors (Lipinski definition) is 6. The summed E-state index contributed by atoms with van der Waals surface area (Å²) >= 11 is 0. The van der Waals surface area contributed by atoms with Gasteiger partial charge in [-0.2, -0.15) is 5.10 Å². The number of aryl methyl sites for hydroxylation is 2. The van der Waals surface area contributed by atoms with E-state index in [0.717, 1.165) is 57.4 Å². The largest absolute Gasteiger partial charge is 0.367 e. The number of nitrogens with one attached hydrogen (secondary N) is 2. The number of carbonyl (C=O) groups is 1. The van der Waals surface area contributed by atoms with Crippen molar-refractivity contribution in [1.29, 1.82) is 0 Å². The van der Waals surface area contributed by atoms with E-state index in [0.29, 0.717) is 12.5 Å². The molecule has 0 atom stereocenters. The van der Waals surface area contributed by atoms with Crippen LogP contribution in [0, 0.1) is 0 Å². The van der Waals surface area contributed by atoms with E-state index in [-0.39, 0.29) is 5.78 Å². The second-order valence-corrected chi connectivity index (χ2v) is 9.91. The summed E-state index contributed by atoms with van der Waals surface area (Å²) in [5, 5.41) is 12.5. The average molecular weight is 491 g/mol. The zero-order chi connectivity index (χ0) is 25.0. The lowest BCUT2D eigenvalue weighted by Gasteiger charge is -2.23. The van der Waals surface area contributed by atoms with Crippen LogP contribution in [0.15, 0.2) is 67.1 Å². The molecule has 1 fully saturated rings. The number of aromatic nitrogens is 5. The maximum atomic E-state index is 12.9. The molecule has 3 heterocycles. The van der Waals surface area contributed by atoms with Crippen molar-refractivity contribution >= 4 is 33.5 Å². The molecule has 6 rings (SSSR count). The Hall–Kier alpha value is -4.13. The van der Waals surface area contributed by atoms with E-state index in [1.807, 2.05) is 42.6 Å². The van der Waals surface area contributed by atoms with Gasteiger partial charge in [-0.1, -0.05) is 49.6 Å². The minimum Gasteiger partial charge on any atom is -0.367 e. The van der Waals surface area contributed by atoms with Gasteiger partial charge >= 0.3 is 0 Å². The molecule has 5 aromatic rings. The molecule has 0 spiro atoms. The van der Waals surface area contributed by atoms with Gasteiger partial charge in [0.15, 0.2) is 5.78 Å². The summed E-state index contributed by atoms with van der Waals surface area (Å²) in [5.74, 6) is 1.03. The molecule has 7 nitrogen and oxygen atoms in total. The van der Waals surface area contributed by atoms with Crippen LogP contribution in [-0.2, 0) is 19.3 Å². The van der Waals surface area contributed by atoms with Crippen LogP contribution in [0.3, 0.4) is 0 Å². The van der Waals surface area contributed by atoms with Crippen molar-refractivity contribution < 1.29 is 4.79 Å². The van der Waals surface area contributed by atoms with Gasteiger partial charge in [0.1, 0.15) is 5.82 Å². The van der Waals surface area contributed by atoms with E-state index in [2.05, 4.69) is 42.6 Å². The first-order valence-corrected chi connectivity index (χ1v) is 13.1. The first kappa shape index (κ1) is 23.3. The molecule has 0 unspecified atom stereocenters. The molecule has 1 saturated carbocycles. The number of benzene rings is 2. The second kappa shape index (κ2) is 10.5. The summed E-state index contributed by atoms with van der Waals surface area (Å²) in [6.07, 6.45) is 13.5. The van der Waals surface area contributed by atoms with Crippen molar-refractivity contribution in [2.45, 2.75) is 57.4 Å². The summed E-state index contributed by atoms with van der Waals surface area (Å²) in [4.78, 5) is 26.2. The fourth-order valence-corrected chi connectivity index (χ4v) is 5.29. The highest BCUT2D eigenvalue weighted by Crippen LogP contribution is 2.28. The van der Waals surface area contributed by atoms with Crippen molar-refractivity contribution in [1.82, 2.24) is 25.1 Å². The maximum Gasteiger partial charge on any atom is 0.167 e. The molecule has 0 radical (unpaired) electrons. The van der Waals surface area contributed by atoms with E-state index < -0.39 is 0 Å². The molecule has 2 N–H and O–H groups in total. The van der Waals surface area contributed by atoms with Crippen LogP contribution < -0.4 is 5.32 Å². The fraction of sp³-hybridized carbons (Fsp3) is 0.300. The lowest BCUT2D eigenvalue weighted by molar-refractivity contribution is 0.0993. The molecule has 0 bridgehead atoms. The number of H-pyrrole nitrogens is 1. The molecule has 3 aromatic heterocycles. The van der Waals surface area contributed by atoms with Gasteiger partial charge in [0.05, 0.1) is 21.9 Å². The minimum atomic E-state index is 0.0962. The SMILES string of the molecule is O=C(Cc1ccc2nccnc2c1)c1ccc(CCc2[nH]nc3ccnc(NC4CCCCC4)c23)cc1. The van der Waals surface area contributed by atoms with Crippen LogP contribution in [0.4, 0.5) is 5.82 Å². The number of rotatable bonds is 8. The van der Waals surface area contributed by atoms with E-state index >= 15 is 0 Å². The van der Waals surface area contributed by atoms with Crippen LogP contribution in [0.1, 0.15) is 59.3 Å². The summed E-state index contributed by atoms with van der Waals surface area (Å²) in [5.41, 5.74) is 6.54. The third-order valence-electron chi connectivity index (χ3n) is 7.33. The lowest BCUT2D eigenvalue weighted by atomic mass is 9.95. The number of carbonyl (C=O) groups excluding carboxylic acids is 1.